The van der Waals surface area contributed by atoms with Crippen molar-refractivity contribution in [3.8, 4) is 28.5 Å². The number of rotatable bonds is 5. The van der Waals surface area contributed by atoms with Crippen molar-refractivity contribution in [2.24, 2.45) is 12.8 Å². The number of ether oxygens (including phenoxy) is 1. The number of nitriles is 1. The lowest BCUT2D eigenvalue weighted by atomic mass is 9.92. The second kappa shape index (κ2) is 11.1. The number of carbonyl (C=O) groups is 2. The lowest BCUT2D eigenvalue weighted by molar-refractivity contribution is 0.0497. The summed E-state index contributed by atoms with van der Waals surface area (Å²) in [6.45, 7) is 6.54. The highest BCUT2D eigenvalue weighted by Gasteiger charge is 2.27. The van der Waals surface area contributed by atoms with E-state index >= 15 is 0 Å². The Morgan fingerprint density at radius 2 is 1.83 bits per heavy atom. The standard InChI is InChI=1S/C31H32FN7O3/c1-31(2,3)42-30(41)36-22-9-11-39(12-10-22)26-15-23(29(34)40)27(18-7-8-25-21(13-18)17-35-38(25)4)28(37-26)19-5-6-20(16-33)24(32)14-19/h5-8,13-15,17,22H,9-12H2,1-4H3,(H2,34,40)(H,36,41). The van der Waals surface area contributed by atoms with Crippen LogP contribution in [0.15, 0.2) is 48.7 Å². The first kappa shape index (κ1) is 28.5. The smallest absolute Gasteiger partial charge is 0.407 e. The molecule has 2 amide bonds. The molecule has 3 heterocycles. The number of hydrogen-bond acceptors (Lipinski definition) is 7. The maximum absolute atomic E-state index is 14.8. The van der Waals surface area contributed by atoms with E-state index in [1.54, 1.807) is 23.0 Å². The minimum Gasteiger partial charge on any atom is -0.444 e. The fraction of sp³-hybridized carbons (Fsp3) is 0.323. The molecule has 3 N–H and O–H groups in total. The molecule has 4 aromatic rings. The number of aromatic nitrogens is 3. The molecule has 0 aliphatic carbocycles. The van der Waals surface area contributed by atoms with Gasteiger partial charge in [-0.25, -0.2) is 14.2 Å². The number of piperidine rings is 1. The third kappa shape index (κ3) is 5.88. The van der Waals surface area contributed by atoms with Crippen molar-refractivity contribution in [3.05, 3.63) is 65.6 Å². The van der Waals surface area contributed by atoms with E-state index in [0.717, 1.165) is 10.9 Å². The van der Waals surface area contributed by atoms with Crippen LogP contribution in [0.5, 0.6) is 0 Å². The Bertz CT molecular complexity index is 1730. The predicted octanol–water partition coefficient (Wildman–Crippen LogP) is 4.91. The molecule has 1 saturated heterocycles. The normalized spacial score (nSPS) is 14.0. The lowest BCUT2D eigenvalue weighted by Crippen LogP contribution is -2.46. The average molecular weight is 570 g/mol. The molecule has 0 atom stereocenters. The van der Waals surface area contributed by atoms with Gasteiger partial charge in [0.25, 0.3) is 0 Å². The molecule has 0 radical (unpaired) electrons. The average Bonchev–Trinajstić information content (AvgIpc) is 3.31. The monoisotopic (exact) mass is 569 g/mol. The number of pyridine rings is 1. The van der Waals surface area contributed by atoms with Crippen molar-refractivity contribution in [1.29, 1.82) is 5.26 Å². The summed E-state index contributed by atoms with van der Waals surface area (Å²) in [4.78, 5) is 32.1. The van der Waals surface area contributed by atoms with Crippen LogP contribution >= 0.6 is 0 Å². The molecule has 0 unspecified atom stereocenters. The summed E-state index contributed by atoms with van der Waals surface area (Å²) < 4.78 is 22.0. The van der Waals surface area contributed by atoms with Crippen LogP contribution in [-0.4, -0.2) is 51.5 Å². The maximum atomic E-state index is 14.8. The van der Waals surface area contributed by atoms with Gasteiger partial charge >= 0.3 is 6.09 Å². The molecule has 5 rings (SSSR count). The molecule has 1 aliphatic heterocycles. The van der Waals surface area contributed by atoms with Crippen LogP contribution in [0.3, 0.4) is 0 Å². The molecule has 10 nitrogen and oxygen atoms in total. The van der Waals surface area contributed by atoms with Gasteiger partial charge in [-0.15, -0.1) is 0 Å². The quantitative estimate of drug-likeness (QED) is 0.348. The summed E-state index contributed by atoms with van der Waals surface area (Å²) in [6.07, 6.45) is 2.52. The number of aryl methyl sites for hydroxylation is 1. The van der Waals surface area contributed by atoms with E-state index in [1.165, 1.54) is 12.1 Å². The summed E-state index contributed by atoms with van der Waals surface area (Å²) in [5.74, 6) is -0.840. The fourth-order valence-corrected chi connectivity index (χ4v) is 5.19. The molecule has 1 aliphatic rings. The highest BCUT2D eigenvalue weighted by molar-refractivity contribution is 6.05. The van der Waals surface area contributed by atoms with Crippen LogP contribution in [0.25, 0.3) is 33.3 Å². The van der Waals surface area contributed by atoms with E-state index in [0.29, 0.717) is 54.1 Å². The molecule has 0 saturated carbocycles. The van der Waals surface area contributed by atoms with Crippen LogP contribution < -0.4 is 16.0 Å². The maximum Gasteiger partial charge on any atom is 0.407 e. The molecule has 216 valence electrons. The minimum atomic E-state index is -0.689. The number of hydrogen-bond donors (Lipinski definition) is 2. The van der Waals surface area contributed by atoms with E-state index < -0.39 is 23.4 Å². The van der Waals surface area contributed by atoms with Crippen molar-refractivity contribution in [1.82, 2.24) is 20.1 Å². The van der Waals surface area contributed by atoms with E-state index in [4.69, 9.17) is 15.5 Å². The second-order valence-electron chi connectivity index (χ2n) is 11.4. The number of halogens is 1. The van der Waals surface area contributed by atoms with Crippen LogP contribution in [0.2, 0.25) is 0 Å². The fourth-order valence-electron chi connectivity index (χ4n) is 5.19. The van der Waals surface area contributed by atoms with E-state index in [2.05, 4.69) is 10.4 Å². The molecule has 1 fully saturated rings. The summed E-state index contributed by atoms with van der Waals surface area (Å²) in [5.41, 5.74) is 8.28. The van der Waals surface area contributed by atoms with Gasteiger partial charge in [0.15, 0.2) is 0 Å². The summed E-state index contributed by atoms with van der Waals surface area (Å²) in [5, 5.41) is 17.3. The molecule has 0 spiro atoms. The Morgan fingerprint density at radius 3 is 2.48 bits per heavy atom. The highest BCUT2D eigenvalue weighted by atomic mass is 19.1. The van der Waals surface area contributed by atoms with Gasteiger partial charge in [0.1, 0.15) is 23.3 Å². The van der Waals surface area contributed by atoms with Crippen molar-refractivity contribution in [2.45, 2.75) is 45.3 Å². The minimum absolute atomic E-state index is 0.0794. The molecular formula is C31H32FN7O3. The summed E-state index contributed by atoms with van der Waals surface area (Å²) in [6, 6.07) is 13.3. The van der Waals surface area contributed by atoms with Crippen LogP contribution in [0, 0.1) is 17.1 Å². The first-order chi connectivity index (χ1) is 19.9. The Balaban J connectivity index is 1.56. The van der Waals surface area contributed by atoms with Crippen molar-refractivity contribution < 1.29 is 18.7 Å². The SMILES string of the molecule is Cn1ncc2cc(-c3c(C(N)=O)cc(N4CCC(NC(=O)OC(C)(C)C)CC4)nc3-c3ccc(C#N)c(F)c3)ccc21. The van der Waals surface area contributed by atoms with E-state index in [-0.39, 0.29) is 17.2 Å². The first-order valence-electron chi connectivity index (χ1n) is 13.6. The Morgan fingerprint density at radius 1 is 1.12 bits per heavy atom. The number of amides is 2. The predicted molar refractivity (Wildman–Crippen MR) is 157 cm³/mol. The van der Waals surface area contributed by atoms with E-state index in [1.807, 2.05) is 57.0 Å². The number of alkyl carbamates (subject to hydrolysis) is 1. The van der Waals surface area contributed by atoms with Gasteiger partial charge < -0.3 is 20.7 Å². The number of nitrogens with one attached hydrogen (secondary N) is 1. The third-order valence-electron chi connectivity index (χ3n) is 7.21. The molecular weight excluding hydrogens is 537 g/mol. The number of fused-ring (bicyclic) bond motifs is 1. The van der Waals surface area contributed by atoms with E-state index in [9.17, 15) is 19.2 Å². The highest BCUT2D eigenvalue weighted by Crippen LogP contribution is 2.38. The molecule has 42 heavy (non-hydrogen) atoms. The lowest BCUT2D eigenvalue weighted by Gasteiger charge is -2.34. The van der Waals surface area contributed by atoms with Crippen LogP contribution in [-0.2, 0) is 11.8 Å². The van der Waals surface area contributed by atoms with Gasteiger partial charge in [-0.05, 0) is 69.5 Å². The summed E-state index contributed by atoms with van der Waals surface area (Å²) >= 11 is 0. The topological polar surface area (TPSA) is 139 Å². The van der Waals surface area contributed by atoms with Gasteiger partial charge in [-0.3, -0.25) is 9.48 Å². The Hall–Kier alpha value is -4.98. The van der Waals surface area contributed by atoms with Crippen LogP contribution in [0.1, 0.15) is 49.5 Å². The zero-order chi connectivity index (χ0) is 30.2. The first-order valence-corrected chi connectivity index (χ1v) is 13.6. The van der Waals surface area contributed by atoms with Gasteiger partial charge in [0, 0.05) is 42.7 Å². The number of nitrogens with two attached hydrogens (primary N) is 1. The van der Waals surface area contributed by atoms with Crippen LogP contribution in [0.4, 0.5) is 15.0 Å². The second-order valence-corrected chi connectivity index (χ2v) is 11.4. The molecule has 2 aromatic carbocycles. The number of carbonyl (C=O) groups excluding carboxylic acids is 2. The van der Waals surface area contributed by atoms with Gasteiger partial charge in [0.2, 0.25) is 5.91 Å². The summed E-state index contributed by atoms with van der Waals surface area (Å²) in [7, 11) is 1.84. The number of primary amides is 1. The Labute approximate surface area is 242 Å². The van der Waals surface area contributed by atoms with Crippen molar-refractivity contribution in [3.63, 3.8) is 0 Å². The zero-order valence-corrected chi connectivity index (χ0v) is 23.9. The zero-order valence-electron chi connectivity index (χ0n) is 23.9. The third-order valence-corrected chi connectivity index (χ3v) is 7.21. The molecule has 2 aromatic heterocycles. The van der Waals surface area contributed by atoms with Crippen molar-refractivity contribution in [2.75, 3.05) is 18.0 Å². The Kier molecular flexibility index (Phi) is 7.56. The largest absolute Gasteiger partial charge is 0.444 e. The molecule has 0 bridgehead atoms. The van der Waals surface area contributed by atoms with Crippen molar-refractivity contribution >= 4 is 28.7 Å². The molecule has 11 heteroatoms. The number of nitrogens with zero attached hydrogens (tertiary/aromatic N) is 5. The van der Waals surface area contributed by atoms with Gasteiger partial charge in [-0.2, -0.15) is 10.4 Å². The van der Waals surface area contributed by atoms with Gasteiger partial charge in [0.05, 0.1) is 28.5 Å². The number of benzene rings is 2. The number of anilines is 1. The van der Waals surface area contributed by atoms with Gasteiger partial charge in [-0.1, -0.05) is 12.1 Å².